The van der Waals surface area contributed by atoms with Crippen molar-refractivity contribution >= 4 is 17.6 Å². The summed E-state index contributed by atoms with van der Waals surface area (Å²) in [6, 6.07) is 4.15. The molecule has 0 heterocycles. The monoisotopic (exact) mass is 280 g/mol. The van der Waals surface area contributed by atoms with Gasteiger partial charge in [-0.1, -0.05) is 6.07 Å². The number of nitro groups is 1. The summed E-state index contributed by atoms with van der Waals surface area (Å²) in [4.78, 5) is 34.8. The SMILES string of the molecule is Cc1ccc([N+](=O)[O-])c(C(=O)N(C)C(C)(C)C(=O)O)c1. The van der Waals surface area contributed by atoms with Crippen LogP contribution in [0.5, 0.6) is 0 Å². The van der Waals surface area contributed by atoms with E-state index < -0.39 is 22.3 Å². The van der Waals surface area contributed by atoms with Crippen molar-refractivity contribution in [3.63, 3.8) is 0 Å². The van der Waals surface area contributed by atoms with Crippen molar-refractivity contribution in [2.24, 2.45) is 0 Å². The fourth-order valence-corrected chi connectivity index (χ4v) is 1.56. The van der Waals surface area contributed by atoms with Crippen LogP contribution in [0.15, 0.2) is 18.2 Å². The fraction of sp³-hybridized carbons (Fsp3) is 0.385. The molecule has 0 aliphatic heterocycles. The molecule has 1 aromatic rings. The minimum Gasteiger partial charge on any atom is -0.480 e. The van der Waals surface area contributed by atoms with E-state index >= 15 is 0 Å². The smallest absolute Gasteiger partial charge is 0.329 e. The highest BCUT2D eigenvalue weighted by atomic mass is 16.6. The third-order valence-electron chi connectivity index (χ3n) is 3.25. The zero-order chi connectivity index (χ0) is 15.7. The zero-order valence-electron chi connectivity index (χ0n) is 11.7. The van der Waals surface area contributed by atoms with Crippen LogP contribution >= 0.6 is 0 Å². The Morgan fingerprint density at radius 3 is 2.35 bits per heavy atom. The number of carbonyl (C=O) groups is 2. The molecule has 7 heteroatoms. The van der Waals surface area contributed by atoms with E-state index in [4.69, 9.17) is 5.11 Å². The van der Waals surface area contributed by atoms with Crippen molar-refractivity contribution in [1.29, 1.82) is 0 Å². The van der Waals surface area contributed by atoms with E-state index in [-0.39, 0.29) is 11.3 Å². The molecule has 0 radical (unpaired) electrons. The van der Waals surface area contributed by atoms with Crippen LogP contribution in [0.3, 0.4) is 0 Å². The van der Waals surface area contributed by atoms with Gasteiger partial charge in [0.05, 0.1) is 4.92 Å². The maximum absolute atomic E-state index is 12.3. The fourth-order valence-electron chi connectivity index (χ4n) is 1.56. The number of likely N-dealkylation sites (N-methyl/N-ethyl adjacent to an activating group) is 1. The molecule has 108 valence electrons. The molecular formula is C13H16N2O5. The summed E-state index contributed by atoms with van der Waals surface area (Å²) in [7, 11) is 1.31. The molecule has 1 aromatic carbocycles. The van der Waals surface area contributed by atoms with Gasteiger partial charge in [-0.3, -0.25) is 14.9 Å². The Bertz CT molecular complexity index is 580. The number of amides is 1. The van der Waals surface area contributed by atoms with Crippen LogP contribution < -0.4 is 0 Å². The van der Waals surface area contributed by atoms with E-state index in [0.717, 1.165) is 4.90 Å². The van der Waals surface area contributed by atoms with Crippen LogP contribution in [-0.4, -0.2) is 39.4 Å². The lowest BCUT2D eigenvalue weighted by molar-refractivity contribution is -0.385. The van der Waals surface area contributed by atoms with Gasteiger partial charge in [0, 0.05) is 13.1 Å². The highest BCUT2D eigenvalue weighted by molar-refractivity contribution is 6.00. The quantitative estimate of drug-likeness (QED) is 0.669. The Labute approximate surface area is 116 Å². The number of benzene rings is 1. The average molecular weight is 280 g/mol. The molecule has 0 saturated carbocycles. The molecule has 1 N–H and O–H groups in total. The maximum Gasteiger partial charge on any atom is 0.329 e. The van der Waals surface area contributed by atoms with Crippen molar-refractivity contribution < 1.29 is 19.6 Å². The average Bonchev–Trinajstić information content (AvgIpc) is 2.36. The van der Waals surface area contributed by atoms with E-state index in [1.54, 1.807) is 6.92 Å². The molecule has 0 spiro atoms. The number of hydrogen-bond acceptors (Lipinski definition) is 4. The standard InChI is InChI=1S/C13H16N2O5/c1-8-5-6-10(15(19)20)9(7-8)11(16)14(4)13(2,3)12(17)18/h5-7H,1-4H3,(H,17,18). The number of hydrogen-bond donors (Lipinski definition) is 1. The van der Waals surface area contributed by atoms with Crippen LogP contribution in [0.25, 0.3) is 0 Å². The second kappa shape index (κ2) is 5.28. The number of nitrogens with zero attached hydrogens (tertiary/aromatic N) is 2. The zero-order valence-corrected chi connectivity index (χ0v) is 11.7. The number of aliphatic carboxylic acids is 1. The lowest BCUT2D eigenvalue weighted by Crippen LogP contribution is -2.50. The summed E-state index contributed by atoms with van der Waals surface area (Å²) in [6.07, 6.45) is 0. The second-order valence-electron chi connectivity index (χ2n) is 5.01. The van der Waals surface area contributed by atoms with Crippen molar-refractivity contribution in [2.75, 3.05) is 7.05 Å². The van der Waals surface area contributed by atoms with Gasteiger partial charge in [0.15, 0.2) is 0 Å². The Morgan fingerprint density at radius 2 is 1.90 bits per heavy atom. The molecule has 0 aliphatic carbocycles. The molecular weight excluding hydrogens is 264 g/mol. The third kappa shape index (κ3) is 2.76. The molecule has 7 nitrogen and oxygen atoms in total. The molecule has 20 heavy (non-hydrogen) atoms. The molecule has 1 rings (SSSR count). The first-order valence-electron chi connectivity index (χ1n) is 5.85. The Kier molecular flexibility index (Phi) is 4.12. The van der Waals surface area contributed by atoms with Gasteiger partial charge in [-0.2, -0.15) is 0 Å². The van der Waals surface area contributed by atoms with Gasteiger partial charge in [-0.15, -0.1) is 0 Å². The molecule has 1 amide bonds. The molecule has 0 bridgehead atoms. The van der Waals surface area contributed by atoms with E-state index in [1.807, 2.05) is 0 Å². The first-order valence-corrected chi connectivity index (χ1v) is 5.85. The van der Waals surface area contributed by atoms with E-state index in [2.05, 4.69) is 0 Å². The number of aryl methyl sites for hydroxylation is 1. The summed E-state index contributed by atoms with van der Waals surface area (Å²) < 4.78 is 0. The van der Waals surface area contributed by atoms with Gasteiger partial charge in [0.1, 0.15) is 11.1 Å². The maximum atomic E-state index is 12.3. The largest absolute Gasteiger partial charge is 0.480 e. The normalized spacial score (nSPS) is 11.0. The summed E-state index contributed by atoms with van der Waals surface area (Å²) in [6.45, 7) is 4.41. The molecule has 0 atom stereocenters. The van der Waals surface area contributed by atoms with Crippen LogP contribution in [0.1, 0.15) is 29.8 Å². The van der Waals surface area contributed by atoms with Gasteiger partial charge in [0.2, 0.25) is 0 Å². The van der Waals surface area contributed by atoms with E-state index in [9.17, 15) is 19.7 Å². The summed E-state index contributed by atoms with van der Waals surface area (Å²) in [5.74, 6) is -1.89. The number of rotatable bonds is 4. The van der Waals surface area contributed by atoms with Crippen molar-refractivity contribution in [3.05, 3.63) is 39.4 Å². The molecule has 0 saturated heterocycles. The Balaban J connectivity index is 3.31. The number of carbonyl (C=O) groups excluding carboxylic acids is 1. The Morgan fingerprint density at radius 1 is 1.35 bits per heavy atom. The molecule has 0 aliphatic rings. The number of nitro benzene ring substituents is 1. The van der Waals surface area contributed by atoms with Crippen molar-refractivity contribution in [2.45, 2.75) is 26.3 Å². The lowest BCUT2D eigenvalue weighted by Gasteiger charge is -2.31. The first kappa shape index (κ1) is 15.6. The van der Waals surface area contributed by atoms with Gasteiger partial charge in [0.25, 0.3) is 11.6 Å². The van der Waals surface area contributed by atoms with E-state index in [0.29, 0.717) is 5.56 Å². The number of carboxylic acid groups (broad SMARTS) is 1. The lowest BCUT2D eigenvalue weighted by atomic mass is 10.0. The minimum absolute atomic E-state index is 0.119. The summed E-state index contributed by atoms with van der Waals surface area (Å²) in [5.41, 5.74) is -1.24. The van der Waals surface area contributed by atoms with Crippen molar-refractivity contribution in [3.8, 4) is 0 Å². The minimum atomic E-state index is -1.46. The van der Waals surface area contributed by atoms with Gasteiger partial charge in [-0.25, -0.2) is 4.79 Å². The van der Waals surface area contributed by atoms with E-state index in [1.165, 1.54) is 39.1 Å². The van der Waals surface area contributed by atoms with Crippen LogP contribution in [0.2, 0.25) is 0 Å². The number of carboxylic acids is 1. The highest BCUT2D eigenvalue weighted by Gasteiger charge is 2.37. The summed E-state index contributed by atoms with van der Waals surface area (Å²) >= 11 is 0. The molecule has 0 aromatic heterocycles. The molecule has 0 fully saturated rings. The van der Waals surface area contributed by atoms with Gasteiger partial charge >= 0.3 is 5.97 Å². The second-order valence-corrected chi connectivity index (χ2v) is 5.01. The van der Waals surface area contributed by atoms with Crippen molar-refractivity contribution in [1.82, 2.24) is 4.90 Å². The highest BCUT2D eigenvalue weighted by Crippen LogP contribution is 2.24. The van der Waals surface area contributed by atoms with Gasteiger partial charge < -0.3 is 10.0 Å². The summed E-state index contributed by atoms with van der Waals surface area (Å²) in [5, 5.41) is 20.1. The van der Waals surface area contributed by atoms with Crippen LogP contribution in [0.4, 0.5) is 5.69 Å². The van der Waals surface area contributed by atoms with Gasteiger partial charge in [-0.05, 0) is 32.4 Å². The first-order chi connectivity index (χ1) is 9.09. The predicted octanol–water partition coefficient (Wildman–Crippen LogP) is 1.84. The van der Waals surface area contributed by atoms with Crippen LogP contribution in [-0.2, 0) is 4.79 Å². The third-order valence-corrected chi connectivity index (χ3v) is 3.25. The Hall–Kier alpha value is -2.44. The topological polar surface area (TPSA) is 101 Å². The molecule has 0 unspecified atom stereocenters. The van der Waals surface area contributed by atoms with Crippen LogP contribution in [0, 0.1) is 17.0 Å². The predicted molar refractivity (Wildman–Crippen MR) is 71.6 cm³/mol.